The standard InChI is InChI=1S/C25H28N4O5.C15H19N3O3.C9H9NO4/c1-16(26-23(30)17-7-5-4-6-8-17)25(31)29-13-11-18(12-14-29)24-27-22(28-34-24)19-9-10-20(32-2)21(15-19)33-3;1-19-12-4-3-11(9-13(12)20-2)14-17-15(21-18-14)10-5-7-16-8-6-10;11-7(10-8(12)9(13)14)6-4-2-1-3-5-6/h4-10,15-16,18H,11-14H2,1-3H3,(H,26,30);3-4,9-10,16H,5-8H2,1-2H3;1-5,8,12H,(H,10,11)(H,13,14). The van der Waals surface area contributed by atoms with Gasteiger partial charge in [0.15, 0.2) is 23.0 Å². The van der Waals surface area contributed by atoms with Gasteiger partial charge in [-0.05, 0) is 106 Å². The second-order valence-corrected chi connectivity index (χ2v) is 15.8. The number of ether oxygens (including phenoxy) is 4. The number of benzene rings is 4. The fourth-order valence-corrected chi connectivity index (χ4v) is 7.47. The summed E-state index contributed by atoms with van der Waals surface area (Å²) in [6, 6.07) is 27.4. The Morgan fingerprint density at radius 2 is 1.07 bits per heavy atom. The molecule has 5 N–H and O–H groups in total. The largest absolute Gasteiger partial charge is 0.493 e. The van der Waals surface area contributed by atoms with Crippen LogP contribution in [-0.4, -0.2) is 126 Å². The Kier molecular flexibility index (Phi) is 18.2. The van der Waals surface area contributed by atoms with Crippen molar-refractivity contribution in [2.45, 2.75) is 56.7 Å². The van der Waals surface area contributed by atoms with E-state index in [2.05, 4.69) is 30.9 Å². The fourth-order valence-electron chi connectivity index (χ4n) is 7.47. The molecule has 2 aromatic heterocycles. The number of aliphatic hydroxyl groups excluding tert-OH is 1. The minimum absolute atomic E-state index is 0.0691. The Bertz CT molecular complexity index is 2610. The maximum atomic E-state index is 12.8. The molecule has 4 heterocycles. The van der Waals surface area contributed by atoms with Gasteiger partial charge < -0.3 is 59.1 Å². The number of carbonyl (C=O) groups is 4. The lowest BCUT2D eigenvalue weighted by atomic mass is 9.96. The number of piperidine rings is 2. The van der Waals surface area contributed by atoms with Gasteiger partial charge in [0.1, 0.15) is 6.04 Å². The Labute approximate surface area is 398 Å². The molecule has 20 nitrogen and oxygen atoms in total. The molecule has 8 rings (SSSR count). The van der Waals surface area contributed by atoms with Crippen LogP contribution in [-0.2, 0) is 9.59 Å². The highest BCUT2D eigenvalue weighted by Gasteiger charge is 2.30. The molecular weight excluding hydrogens is 893 g/mol. The van der Waals surface area contributed by atoms with Crippen LogP contribution < -0.4 is 34.9 Å². The summed E-state index contributed by atoms with van der Waals surface area (Å²) in [5.41, 5.74) is 2.45. The fraction of sp³-hybridized carbons (Fsp3) is 0.347. The number of likely N-dealkylation sites (tertiary alicyclic amines) is 1. The first-order chi connectivity index (χ1) is 33.4. The number of aliphatic carboxylic acids is 1. The SMILES string of the molecule is COc1ccc(-c2noc(C3CCN(C(=O)C(C)NC(=O)c4ccccc4)CC3)n2)cc1OC.COc1ccc(-c2noc(C3CCNCC3)n2)cc1OC.O=C(NC(O)C(=O)O)c1ccccc1. The van der Waals surface area contributed by atoms with E-state index in [9.17, 15) is 19.2 Å². The highest BCUT2D eigenvalue weighted by atomic mass is 16.5. The van der Waals surface area contributed by atoms with Crippen LogP contribution in [0.15, 0.2) is 106 Å². The van der Waals surface area contributed by atoms with Crippen LogP contribution in [0.5, 0.6) is 23.0 Å². The average Bonchev–Trinajstić information content (AvgIpc) is 4.11. The quantitative estimate of drug-likeness (QED) is 0.0866. The number of aliphatic hydroxyl groups is 1. The number of carboxylic acids is 1. The zero-order valence-corrected chi connectivity index (χ0v) is 38.9. The summed E-state index contributed by atoms with van der Waals surface area (Å²) >= 11 is 0. The molecule has 2 aliphatic rings. The molecule has 69 heavy (non-hydrogen) atoms. The van der Waals surface area contributed by atoms with Crippen molar-refractivity contribution < 1.29 is 57.4 Å². The summed E-state index contributed by atoms with van der Waals surface area (Å²) in [5.74, 6) is 2.85. The van der Waals surface area contributed by atoms with Crippen LogP contribution in [0.4, 0.5) is 0 Å². The normalized spacial score (nSPS) is 14.6. The molecule has 0 bridgehead atoms. The minimum Gasteiger partial charge on any atom is -0.493 e. The third-order valence-corrected chi connectivity index (χ3v) is 11.3. The number of carbonyl (C=O) groups excluding carboxylic acids is 3. The molecule has 0 spiro atoms. The second-order valence-electron chi connectivity index (χ2n) is 15.8. The number of rotatable bonds is 14. The molecule has 2 atom stereocenters. The maximum Gasteiger partial charge on any atom is 0.353 e. The first-order valence-electron chi connectivity index (χ1n) is 22.2. The Hall–Kier alpha value is -7.84. The number of hydrogen-bond acceptors (Lipinski definition) is 16. The number of amides is 3. The van der Waals surface area contributed by atoms with E-state index in [0.29, 0.717) is 83.5 Å². The molecule has 0 radical (unpaired) electrons. The summed E-state index contributed by atoms with van der Waals surface area (Å²) in [7, 11) is 6.38. The van der Waals surface area contributed by atoms with Crippen molar-refractivity contribution in [1.29, 1.82) is 0 Å². The van der Waals surface area contributed by atoms with Gasteiger partial charge in [0.25, 0.3) is 11.8 Å². The van der Waals surface area contributed by atoms with Crippen molar-refractivity contribution in [2.24, 2.45) is 0 Å². The van der Waals surface area contributed by atoms with Gasteiger partial charge in [-0.25, -0.2) is 4.79 Å². The van der Waals surface area contributed by atoms with Crippen LogP contribution in [0.1, 0.15) is 76.9 Å². The molecule has 4 aromatic carbocycles. The molecule has 2 aliphatic heterocycles. The summed E-state index contributed by atoms with van der Waals surface area (Å²) in [5, 5.41) is 33.4. The van der Waals surface area contributed by atoms with Crippen LogP contribution in [0.3, 0.4) is 0 Å². The van der Waals surface area contributed by atoms with Crippen molar-refractivity contribution in [2.75, 3.05) is 54.6 Å². The van der Waals surface area contributed by atoms with E-state index in [0.717, 1.165) is 42.9 Å². The van der Waals surface area contributed by atoms with E-state index < -0.39 is 24.1 Å². The predicted molar refractivity (Wildman–Crippen MR) is 250 cm³/mol. The molecule has 6 aromatic rings. The summed E-state index contributed by atoms with van der Waals surface area (Å²) in [4.78, 5) is 57.5. The lowest BCUT2D eigenvalue weighted by Crippen LogP contribution is -2.49. The summed E-state index contributed by atoms with van der Waals surface area (Å²) in [6.07, 6.45) is 1.61. The Morgan fingerprint density at radius 3 is 1.51 bits per heavy atom. The van der Waals surface area contributed by atoms with E-state index in [-0.39, 0.29) is 17.7 Å². The maximum absolute atomic E-state index is 12.8. The second kappa shape index (κ2) is 24.8. The van der Waals surface area contributed by atoms with E-state index in [1.165, 1.54) is 12.1 Å². The number of nitrogens with one attached hydrogen (secondary N) is 3. The zero-order valence-electron chi connectivity index (χ0n) is 38.9. The third-order valence-electron chi connectivity index (χ3n) is 11.3. The van der Waals surface area contributed by atoms with Crippen LogP contribution in [0, 0.1) is 0 Å². The minimum atomic E-state index is -1.87. The van der Waals surface area contributed by atoms with Crippen molar-refractivity contribution >= 4 is 23.7 Å². The zero-order chi connectivity index (χ0) is 49.3. The molecular formula is C49H56N8O12. The molecule has 2 saturated heterocycles. The number of methoxy groups -OCH3 is 4. The highest BCUT2D eigenvalue weighted by Crippen LogP contribution is 2.34. The van der Waals surface area contributed by atoms with Gasteiger partial charge in [-0.15, -0.1) is 0 Å². The van der Waals surface area contributed by atoms with Crippen molar-refractivity contribution in [1.82, 2.24) is 41.1 Å². The van der Waals surface area contributed by atoms with Gasteiger partial charge in [0, 0.05) is 47.2 Å². The lowest BCUT2D eigenvalue weighted by molar-refractivity contribution is -0.147. The summed E-state index contributed by atoms with van der Waals surface area (Å²) < 4.78 is 32.1. The average molecular weight is 949 g/mol. The first kappa shape index (κ1) is 50.6. The van der Waals surface area contributed by atoms with E-state index in [4.69, 9.17) is 38.2 Å². The van der Waals surface area contributed by atoms with Gasteiger partial charge in [-0.3, -0.25) is 14.4 Å². The van der Waals surface area contributed by atoms with Crippen molar-refractivity contribution in [3.8, 4) is 45.8 Å². The van der Waals surface area contributed by atoms with Gasteiger partial charge in [-0.2, -0.15) is 9.97 Å². The van der Waals surface area contributed by atoms with Crippen LogP contribution >= 0.6 is 0 Å². The molecule has 20 heteroatoms. The van der Waals surface area contributed by atoms with E-state index in [1.54, 1.807) is 94.9 Å². The lowest BCUT2D eigenvalue weighted by Gasteiger charge is -2.32. The van der Waals surface area contributed by atoms with Crippen molar-refractivity contribution in [3.05, 3.63) is 120 Å². The topological polar surface area (TPSA) is 263 Å². The number of carboxylic acid groups (broad SMARTS) is 1. The van der Waals surface area contributed by atoms with Gasteiger partial charge in [0.05, 0.1) is 28.4 Å². The molecule has 0 saturated carbocycles. The third kappa shape index (κ3) is 13.6. The summed E-state index contributed by atoms with van der Waals surface area (Å²) in [6.45, 7) is 4.83. The molecule has 2 fully saturated rings. The van der Waals surface area contributed by atoms with Crippen LogP contribution in [0.25, 0.3) is 22.8 Å². The number of nitrogens with zero attached hydrogens (tertiary/aromatic N) is 5. The van der Waals surface area contributed by atoms with Crippen LogP contribution in [0.2, 0.25) is 0 Å². The number of hydrogen-bond donors (Lipinski definition) is 5. The van der Waals surface area contributed by atoms with E-state index in [1.807, 2.05) is 35.6 Å². The van der Waals surface area contributed by atoms with Gasteiger partial charge in [0.2, 0.25) is 35.6 Å². The van der Waals surface area contributed by atoms with Gasteiger partial charge >= 0.3 is 5.97 Å². The molecule has 3 amide bonds. The number of aromatic nitrogens is 4. The molecule has 0 aliphatic carbocycles. The van der Waals surface area contributed by atoms with Gasteiger partial charge in [-0.1, -0.05) is 46.7 Å². The van der Waals surface area contributed by atoms with E-state index >= 15 is 0 Å². The molecule has 364 valence electrons. The smallest absolute Gasteiger partial charge is 0.353 e. The highest BCUT2D eigenvalue weighted by molar-refractivity contribution is 5.97. The predicted octanol–water partition coefficient (Wildman–Crippen LogP) is 5.32. The Balaban J connectivity index is 0.000000189. The Morgan fingerprint density at radius 1 is 0.638 bits per heavy atom. The first-order valence-corrected chi connectivity index (χ1v) is 22.2. The molecule has 2 unspecified atom stereocenters. The van der Waals surface area contributed by atoms with Crippen molar-refractivity contribution in [3.63, 3.8) is 0 Å². The monoisotopic (exact) mass is 948 g/mol.